The second-order valence-corrected chi connectivity index (χ2v) is 6.21. The van der Waals surface area contributed by atoms with Crippen molar-refractivity contribution in [1.82, 2.24) is 25.3 Å². The molecule has 0 radical (unpaired) electrons. The van der Waals surface area contributed by atoms with Gasteiger partial charge in [-0.1, -0.05) is 11.3 Å². The molecule has 1 aliphatic rings. The van der Waals surface area contributed by atoms with Gasteiger partial charge in [-0.2, -0.15) is 5.10 Å². The van der Waals surface area contributed by atoms with Gasteiger partial charge in [-0.3, -0.25) is 9.48 Å². The summed E-state index contributed by atoms with van der Waals surface area (Å²) in [5.41, 5.74) is 3.61. The summed E-state index contributed by atoms with van der Waals surface area (Å²) in [5, 5.41) is 16.1. The fourth-order valence-corrected chi connectivity index (χ4v) is 3.12. The van der Waals surface area contributed by atoms with Crippen molar-refractivity contribution in [2.75, 3.05) is 18.0 Å². The van der Waals surface area contributed by atoms with Gasteiger partial charge in [0.25, 0.3) is 0 Å². The van der Waals surface area contributed by atoms with Crippen LogP contribution in [0.25, 0.3) is 0 Å². The standard InChI is InChI=1S/C13H18N6OS/c1-8(11-6-18(3)17-9(11)2)12(20)15-10-4-19(5-10)13-16-14-7-21-13/h6-8,10H,4-5H2,1-3H3,(H,15,20). The molecule has 1 N–H and O–H groups in total. The van der Waals surface area contributed by atoms with Gasteiger partial charge in [-0.05, 0) is 13.8 Å². The van der Waals surface area contributed by atoms with Crippen LogP contribution in [0.5, 0.6) is 0 Å². The summed E-state index contributed by atoms with van der Waals surface area (Å²) in [5.74, 6) is -0.137. The number of anilines is 1. The summed E-state index contributed by atoms with van der Waals surface area (Å²) in [6.45, 7) is 5.43. The lowest BCUT2D eigenvalue weighted by Gasteiger charge is -2.39. The van der Waals surface area contributed by atoms with Crippen molar-refractivity contribution in [2.24, 2.45) is 7.05 Å². The number of hydrogen-bond acceptors (Lipinski definition) is 6. The lowest BCUT2D eigenvalue weighted by molar-refractivity contribution is -0.123. The van der Waals surface area contributed by atoms with Gasteiger partial charge in [-0.25, -0.2) is 0 Å². The lowest BCUT2D eigenvalue weighted by Crippen LogP contribution is -2.60. The summed E-state index contributed by atoms with van der Waals surface area (Å²) in [6, 6.07) is 0.181. The number of nitrogens with zero attached hydrogens (tertiary/aromatic N) is 5. The molecular weight excluding hydrogens is 288 g/mol. The molecule has 7 nitrogen and oxygen atoms in total. The first kappa shape index (κ1) is 14.0. The Morgan fingerprint density at radius 3 is 2.86 bits per heavy atom. The first-order chi connectivity index (χ1) is 10.0. The molecular formula is C13H18N6OS. The summed E-state index contributed by atoms with van der Waals surface area (Å²) in [4.78, 5) is 14.4. The molecule has 2 aromatic heterocycles. The van der Waals surface area contributed by atoms with E-state index < -0.39 is 0 Å². The summed E-state index contributed by atoms with van der Waals surface area (Å²) in [6.07, 6.45) is 1.91. The van der Waals surface area contributed by atoms with Gasteiger partial charge in [0.1, 0.15) is 5.51 Å². The molecule has 0 aliphatic carbocycles. The minimum atomic E-state index is -0.186. The highest BCUT2D eigenvalue weighted by Gasteiger charge is 2.31. The highest BCUT2D eigenvalue weighted by atomic mass is 32.1. The third-order valence-corrected chi connectivity index (χ3v) is 4.51. The molecule has 3 heterocycles. The van der Waals surface area contributed by atoms with Gasteiger partial charge in [0.2, 0.25) is 11.0 Å². The van der Waals surface area contributed by atoms with Crippen LogP contribution in [0.3, 0.4) is 0 Å². The van der Waals surface area contributed by atoms with Crippen LogP contribution in [0, 0.1) is 6.92 Å². The molecule has 0 spiro atoms. The van der Waals surface area contributed by atoms with Gasteiger partial charge >= 0.3 is 0 Å². The Morgan fingerprint density at radius 1 is 1.52 bits per heavy atom. The number of rotatable bonds is 4. The SMILES string of the molecule is Cc1nn(C)cc1C(C)C(=O)NC1CN(c2nncs2)C1. The molecule has 0 bridgehead atoms. The van der Waals surface area contributed by atoms with Crippen LogP contribution in [0.2, 0.25) is 0 Å². The first-order valence-electron chi connectivity index (χ1n) is 6.86. The predicted octanol–water partition coefficient (Wildman–Crippen LogP) is 0.689. The van der Waals surface area contributed by atoms with E-state index >= 15 is 0 Å². The van der Waals surface area contributed by atoms with Crippen molar-refractivity contribution in [2.45, 2.75) is 25.8 Å². The monoisotopic (exact) mass is 306 g/mol. The second kappa shape index (κ2) is 5.44. The quantitative estimate of drug-likeness (QED) is 0.899. The van der Waals surface area contributed by atoms with Gasteiger partial charge in [0.15, 0.2) is 0 Å². The minimum absolute atomic E-state index is 0.0491. The molecule has 0 aromatic carbocycles. The molecule has 8 heteroatoms. The molecule has 2 aromatic rings. The van der Waals surface area contributed by atoms with E-state index in [9.17, 15) is 4.79 Å². The van der Waals surface area contributed by atoms with Gasteiger partial charge in [0.05, 0.1) is 17.7 Å². The third-order valence-electron chi connectivity index (χ3n) is 3.76. The zero-order valence-corrected chi connectivity index (χ0v) is 13.1. The minimum Gasteiger partial charge on any atom is -0.349 e. The summed E-state index contributed by atoms with van der Waals surface area (Å²) >= 11 is 1.52. The van der Waals surface area contributed by atoms with Gasteiger partial charge in [-0.15, -0.1) is 10.2 Å². The fraction of sp³-hybridized carbons (Fsp3) is 0.538. The largest absolute Gasteiger partial charge is 0.349 e. The molecule has 1 aliphatic heterocycles. The van der Waals surface area contributed by atoms with Crippen LogP contribution < -0.4 is 10.2 Å². The molecule has 3 rings (SSSR count). The van der Waals surface area contributed by atoms with Crippen LogP contribution in [0.15, 0.2) is 11.7 Å². The topological polar surface area (TPSA) is 75.9 Å². The molecule has 1 saturated heterocycles. The predicted molar refractivity (Wildman–Crippen MR) is 80.4 cm³/mol. The Kier molecular flexibility index (Phi) is 3.62. The van der Waals surface area contributed by atoms with Crippen LogP contribution in [-0.4, -0.2) is 45.0 Å². The molecule has 21 heavy (non-hydrogen) atoms. The Morgan fingerprint density at radius 2 is 2.29 bits per heavy atom. The van der Waals surface area contributed by atoms with E-state index in [2.05, 4.69) is 25.5 Å². The third kappa shape index (κ3) is 2.76. The average Bonchev–Trinajstić information content (AvgIpc) is 3.01. The highest BCUT2D eigenvalue weighted by Crippen LogP contribution is 2.23. The van der Waals surface area contributed by atoms with E-state index in [0.29, 0.717) is 0 Å². The number of aryl methyl sites for hydroxylation is 2. The maximum absolute atomic E-state index is 12.3. The zero-order valence-electron chi connectivity index (χ0n) is 12.3. The maximum atomic E-state index is 12.3. The Balaban J connectivity index is 1.54. The normalized spacial score (nSPS) is 16.6. The number of hydrogen-bond donors (Lipinski definition) is 1. The van der Waals surface area contributed by atoms with Crippen molar-refractivity contribution in [3.63, 3.8) is 0 Å². The Bertz CT molecular complexity index is 631. The van der Waals surface area contributed by atoms with Crippen LogP contribution in [0.4, 0.5) is 5.13 Å². The zero-order chi connectivity index (χ0) is 15.0. The fourth-order valence-electron chi connectivity index (χ4n) is 2.54. The number of amides is 1. The Labute approximate surface area is 127 Å². The number of carbonyl (C=O) groups excluding carboxylic acids is 1. The van der Waals surface area contributed by atoms with Gasteiger partial charge < -0.3 is 10.2 Å². The molecule has 112 valence electrons. The van der Waals surface area contributed by atoms with Crippen LogP contribution in [-0.2, 0) is 11.8 Å². The summed E-state index contributed by atoms with van der Waals surface area (Å²) < 4.78 is 1.75. The number of aromatic nitrogens is 4. The molecule has 1 fully saturated rings. The molecule has 0 saturated carbocycles. The van der Waals surface area contributed by atoms with Crippen molar-refractivity contribution in [3.05, 3.63) is 23.0 Å². The van der Waals surface area contributed by atoms with Crippen LogP contribution >= 0.6 is 11.3 Å². The second-order valence-electron chi connectivity index (χ2n) is 5.40. The molecule has 1 unspecified atom stereocenters. The van der Waals surface area contributed by atoms with Gasteiger partial charge in [0, 0.05) is 31.9 Å². The van der Waals surface area contributed by atoms with E-state index in [1.54, 1.807) is 10.2 Å². The van der Waals surface area contributed by atoms with E-state index in [1.807, 2.05) is 27.1 Å². The van der Waals surface area contributed by atoms with Crippen molar-refractivity contribution in [1.29, 1.82) is 0 Å². The van der Waals surface area contributed by atoms with E-state index in [0.717, 1.165) is 29.5 Å². The van der Waals surface area contributed by atoms with Crippen molar-refractivity contribution in [3.8, 4) is 0 Å². The number of carbonyl (C=O) groups is 1. The van der Waals surface area contributed by atoms with Crippen molar-refractivity contribution < 1.29 is 4.79 Å². The van der Waals surface area contributed by atoms with E-state index in [4.69, 9.17) is 0 Å². The van der Waals surface area contributed by atoms with Crippen molar-refractivity contribution >= 4 is 22.4 Å². The maximum Gasteiger partial charge on any atom is 0.227 e. The molecule has 1 amide bonds. The number of nitrogens with one attached hydrogen (secondary N) is 1. The highest BCUT2D eigenvalue weighted by molar-refractivity contribution is 7.13. The first-order valence-corrected chi connectivity index (χ1v) is 7.74. The summed E-state index contributed by atoms with van der Waals surface area (Å²) in [7, 11) is 1.87. The average molecular weight is 306 g/mol. The lowest BCUT2D eigenvalue weighted by atomic mass is 10.00. The smallest absolute Gasteiger partial charge is 0.227 e. The van der Waals surface area contributed by atoms with Crippen LogP contribution in [0.1, 0.15) is 24.1 Å². The van der Waals surface area contributed by atoms with E-state index in [1.165, 1.54) is 11.3 Å². The molecule has 1 atom stereocenters. The van der Waals surface area contributed by atoms with E-state index in [-0.39, 0.29) is 17.9 Å². The Hall–Kier alpha value is -1.96.